The number of benzene rings is 2. The average Bonchev–Trinajstić information content (AvgIpc) is 3.22. The van der Waals surface area contributed by atoms with Gasteiger partial charge in [0.1, 0.15) is 6.10 Å². The van der Waals surface area contributed by atoms with Crippen molar-refractivity contribution in [2.24, 2.45) is 0 Å². The van der Waals surface area contributed by atoms with E-state index in [0.717, 1.165) is 36.3 Å². The van der Waals surface area contributed by atoms with Crippen molar-refractivity contribution in [2.45, 2.75) is 31.9 Å². The third-order valence-corrected chi connectivity index (χ3v) is 5.22. The zero-order valence-corrected chi connectivity index (χ0v) is 15.4. The predicted octanol–water partition coefficient (Wildman–Crippen LogP) is 3.13. The lowest BCUT2D eigenvalue weighted by Crippen LogP contribution is -2.35. The molecule has 1 saturated heterocycles. The third-order valence-electron chi connectivity index (χ3n) is 5.22. The van der Waals surface area contributed by atoms with Crippen LogP contribution >= 0.6 is 0 Å². The number of hydrogen-bond donors (Lipinski definition) is 1. The summed E-state index contributed by atoms with van der Waals surface area (Å²) in [5, 5.41) is 2.92. The minimum Gasteiger partial charge on any atom is -0.454 e. The molecule has 1 amide bonds. The Hall–Kier alpha value is -2.96. The molecule has 0 aromatic heterocycles. The van der Waals surface area contributed by atoms with E-state index in [1.807, 2.05) is 12.1 Å². The van der Waals surface area contributed by atoms with E-state index in [0.29, 0.717) is 17.7 Å². The van der Waals surface area contributed by atoms with Crippen LogP contribution in [-0.2, 0) is 16.0 Å². The smallest absolute Gasteiger partial charge is 0.339 e. The number of rotatable bonds is 4. The van der Waals surface area contributed by atoms with Gasteiger partial charge in [0.2, 0.25) is 5.91 Å². The number of esters is 1. The van der Waals surface area contributed by atoms with Gasteiger partial charge in [-0.1, -0.05) is 12.1 Å². The van der Waals surface area contributed by atoms with Crippen LogP contribution in [0.5, 0.6) is 0 Å². The molecule has 2 aliphatic heterocycles. The number of nitrogens with zero attached hydrogens (tertiary/aromatic N) is 1. The molecule has 4 rings (SSSR count). The molecule has 2 aromatic carbocycles. The fraction of sp³-hybridized carbons (Fsp3) is 0.333. The first kappa shape index (κ1) is 18.4. The molecule has 2 heterocycles. The lowest BCUT2D eigenvalue weighted by molar-refractivity contribution is -0.119. The van der Waals surface area contributed by atoms with Crippen LogP contribution in [0.2, 0.25) is 0 Å². The van der Waals surface area contributed by atoms with Crippen LogP contribution in [0.4, 0.5) is 14.5 Å². The molecule has 0 saturated carbocycles. The molecule has 0 bridgehead atoms. The van der Waals surface area contributed by atoms with Gasteiger partial charge in [0, 0.05) is 43.7 Å². The number of hydrogen-bond acceptors (Lipinski definition) is 4. The first-order valence-corrected chi connectivity index (χ1v) is 9.21. The molecular formula is C21H20F2N2O3. The maximum atomic E-state index is 13.4. The molecule has 2 aromatic rings. The normalized spacial score (nSPS) is 20.8. The topological polar surface area (TPSA) is 58.6 Å². The minimum atomic E-state index is -0.917. The average molecular weight is 386 g/mol. The quantitative estimate of drug-likeness (QED) is 0.821. The summed E-state index contributed by atoms with van der Waals surface area (Å²) in [6.45, 7) is 2.98. The van der Waals surface area contributed by atoms with Crippen molar-refractivity contribution in [3.05, 3.63) is 64.7 Å². The molecule has 0 aliphatic carbocycles. The van der Waals surface area contributed by atoms with E-state index in [-0.39, 0.29) is 18.4 Å². The van der Waals surface area contributed by atoms with Crippen molar-refractivity contribution in [1.82, 2.24) is 5.32 Å². The fourth-order valence-corrected chi connectivity index (χ4v) is 3.89. The number of nitrogens with one attached hydrogen (secondary N) is 1. The second-order valence-electron chi connectivity index (χ2n) is 7.25. The molecule has 0 radical (unpaired) electrons. The Labute approximate surface area is 161 Å². The molecule has 146 valence electrons. The first-order chi connectivity index (χ1) is 13.4. The predicted molar refractivity (Wildman–Crippen MR) is 99.1 cm³/mol. The van der Waals surface area contributed by atoms with Crippen molar-refractivity contribution < 1.29 is 23.1 Å². The van der Waals surface area contributed by atoms with Gasteiger partial charge >= 0.3 is 5.97 Å². The summed E-state index contributed by atoms with van der Waals surface area (Å²) in [5.41, 5.74) is 2.70. The van der Waals surface area contributed by atoms with Gasteiger partial charge in [0.15, 0.2) is 11.6 Å². The van der Waals surface area contributed by atoms with Crippen LogP contribution in [-0.4, -0.2) is 31.0 Å². The second kappa shape index (κ2) is 7.22. The summed E-state index contributed by atoms with van der Waals surface area (Å²) in [6, 6.07) is 9.37. The minimum absolute atomic E-state index is 0.0514. The molecular weight excluding hydrogens is 366 g/mol. The number of anilines is 1. The van der Waals surface area contributed by atoms with Gasteiger partial charge < -0.3 is 15.0 Å². The highest BCUT2D eigenvalue weighted by atomic mass is 19.2. The number of carbonyl (C=O) groups is 2. The van der Waals surface area contributed by atoms with E-state index in [9.17, 15) is 18.4 Å². The number of fused-ring (bicyclic) bond motifs is 1. The highest BCUT2D eigenvalue weighted by molar-refractivity contribution is 5.95. The van der Waals surface area contributed by atoms with Gasteiger partial charge in [-0.3, -0.25) is 4.79 Å². The summed E-state index contributed by atoms with van der Waals surface area (Å²) < 4.78 is 32.0. The Balaban J connectivity index is 1.51. The SMILES string of the molecule is CC(=O)N[C@@H]1CCN(c2ccc3c(c2)C(=O)OC3Cc2ccc(F)c(F)c2)C1. The van der Waals surface area contributed by atoms with Crippen LogP contribution in [0.15, 0.2) is 36.4 Å². The number of carbonyl (C=O) groups excluding carboxylic acids is 2. The standard InChI is InChI=1S/C21H20F2N2O3/c1-12(26)24-14-6-7-25(11-14)15-3-4-16-17(10-15)21(27)28-20(16)9-13-2-5-18(22)19(23)8-13/h2-5,8,10,14,20H,6-7,9,11H2,1H3,(H,24,26)/t14-,20?/m1/s1. The van der Waals surface area contributed by atoms with Gasteiger partial charge in [0.25, 0.3) is 0 Å². The molecule has 28 heavy (non-hydrogen) atoms. The first-order valence-electron chi connectivity index (χ1n) is 9.21. The highest BCUT2D eigenvalue weighted by Gasteiger charge is 2.33. The maximum absolute atomic E-state index is 13.4. The van der Waals surface area contributed by atoms with Gasteiger partial charge in [-0.2, -0.15) is 0 Å². The molecule has 5 nitrogen and oxygen atoms in total. The number of ether oxygens (including phenoxy) is 1. The molecule has 1 unspecified atom stereocenters. The summed E-state index contributed by atoms with van der Waals surface area (Å²) in [4.78, 5) is 25.7. The zero-order valence-electron chi connectivity index (χ0n) is 15.4. The van der Waals surface area contributed by atoms with E-state index in [1.165, 1.54) is 13.0 Å². The van der Waals surface area contributed by atoms with Crippen LogP contribution in [0, 0.1) is 11.6 Å². The fourth-order valence-electron chi connectivity index (χ4n) is 3.89. The Morgan fingerprint density at radius 1 is 1.21 bits per heavy atom. The summed E-state index contributed by atoms with van der Waals surface area (Å²) >= 11 is 0. The molecule has 1 N–H and O–H groups in total. The van der Waals surface area contributed by atoms with Crippen molar-refractivity contribution in [2.75, 3.05) is 18.0 Å². The Kier molecular flexibility index (Phi) is 4.75. The second-order valence-corrected chi connectivity index (χ2v) is 7.25. The number of amides is 1. The van der Waals surface area contributed by atoms with Crippen molar-refractivity contribution in [3.63, 3.8) is 0 Å². The van der Waals surface area contributed by atoms with Gasteiger partial charge in [-0.05, 0) is 36.2 Å². The van der Waals surface area contributed by atoms with Crippen LogP contribution in [0.25, 0.3) is 0 Å². The van der Waals surface area contributed by atoms with Gasteiger partial charge in [-0.25, -0.2) is 13.6 Å². The van der Waals surface area contributed by atoms with E-state index in [2.05, 4.69) is 10.2 Å². The molecule has 7 heteroatoms. The van der Waals surface area contributed by atoms with Crippen molar-refractivity contribution in [1.29, 1.82) is 0 Å². The number of halogens is 2. The highest BCUT2D eigenvalue weighted by Crippen LogP contribution is 2.36. The monoisotopic (exact) mass is 386 g/mol. The van der Waals surface area contributed by atoms with Crippen LogP contribution in [0.1, 0.15) is 40.9 Å². The Bertz CT molecular complexity index is 947. The largest absolute Gasteiger partial charge is 0.454 e. The van der Waals surface area contributed by atoms with Crippen LogP contribution < -0.4 is 10.2 Å². The molecule has 2 atom stereocenters. The van der Waals surface area contributed by atoms with Crippen LogP contribution in [0.3, 0.4) is 0 Å². The summed E-state index contributed by atoms with van der Waals surface area (Å²) in [6.07, 6.45) is 0.607. The van der Waals surface area contributed by atoms with E-state index >= 15 is 0 Å². The summed E-state index contributed by atoms with van der Waals surface area (Å²) in [5.74, 6) is -2.29. The lowest BCUT2D eigenvalue weighted by Gasteiger charge is -2.19. The molecule has 0 spiro atoms. The van der Waals surface area contributed by atoms with Crippen molar-refractivity contribution >= 4 is 17.6 Å². The molecule has 1 fully saturated rings. The molecule has 2 aliphatic rings. The Morgan fingerprint density at radius 2 is 2.04 bits per heavy atom. The van der Waals surface area contributed by atoms with Crippen molar-refractivity contribution in [3.8, 4) is 0 Å². The Morgan fingerprint density at radius 3 is 2.79 bits per heavy atom. The van der Waals surface area contributed by atoms with E-state index in [4.69, 9.17) is 4.74 Å². The maximum Gasteiger partial charge on any atom is 0.339 e. The van der Waals surface area contributed by atoms with E-state index < -0.39 is 23.7 Å². The van der Waals surface area contributed by atoms with Gasteiger partial charge in [0.05, 0.1) is 5.56 Å². The third kappa shape index (κ3) is 3.56. The van der Waals surface area contributed by atoms with E-state index in [1.54, 1.807) is 6.07 Å². The number of cyclic esters (lactones) is 1. The van der Waals surface area contributed by atoms with Gasteiger partial charge in [-0.15, -0.1) is 0 Å². The lowest BCUT2D eigenvalue weighted by atomic mass is 9.98. The summed E-state index contributed by atoms with van der Waals surface area (Å²) in [7, 11) is 0. The zero-order chi connectivity index (χ0) is 19.8.